The van der Waals surface area contributed by atoms with E-state index in [1.807, 2.05) is 0 Å². The van der Waals surface area contributed by atoms with Crippen LogP contribution in [0.4, 0.5) is 0 Å². The molecule has 1 nitrogen and oxygen atoms in total. The van der Waals surface area contributed by atoms with Crippen LogP contribution in [0.2, 0.25) is 0 Å². The number of hydrogen-bond donors (Lipinski definition) is 0. The molecule has 146 valence electrons. The van der Waals surface area contributed by atoms with Gasteiger partial charge >= 0.3 is 0 Å². The van der Waals surface area contributed by atoms with E-state index < -0.39 is 0 Å². The van der Waals surface area contributed by atoms with Gasteiger partial charge in [0.25, 0.3) is 0 Å². The van der Waals surface area contributed by atoms with Crippen molar-refractivity contribution in [1.82, 2.24) is 4.90 Å². The van der Waals surface area contributed by atoms with Crippen molar-refractivity contribution in [2.75, 3.05) is 19.4 Å². The Kier molecular flexibility index (Phi) is 20.1. The fraction of sp³-hybridized carbons (Fsp3) is 1.00. The number of nitrogens with zero attached hydrogens (tertiary/aromatic N) is 1. The van der Waals surface area contributed by atoms with Crippen molar-refractivity contribution in [1.29, 1.82) is 0 Å². The highest BCUT2D eigenvalue weighted by Gasteiger charge is 2.10. The van der Waals surface area contributed by atoms with Gasteiger partial charge in [-0.05, 0) is 33.4 Å². The Morgan fingerprint density at radius 3 is 1.33 bits per heavy atom. The topological polar surface area (TPSA) is 3.24 Å². The van der Waals surface area contributed by atoms with Crippen LogP contribution in [0.3, 0.4) is 0 Å². The standard InChI is InChI=1S/C22H46BrN/c1-4-5-6-7-10-13-16-19-22(24(2)3)20-17-14-11-8-9-12-15-18-21-23/h22H,4-21H2,1-3H3. The third-order valence-corrected chi connectivity index (χ3v) is 5.85. The highest BCUT2D eigenvalue weighted by Crippen LogP contribution is 2.17. The maximum Gasteiger partial charge on any atom is 0.00891 e. The van der Waals surface area contributed by atoms with E-state index in [1.54, 1.807) is 0 Å². The van der Waals surface area contributed by atoms with Crippen molar-refractivity contribution in [2.45, 2.75) is 122 Å². The van der Waals surface area contributed by atoms with E-state index in [0.29, 0.717) is 0 Å². The normalized spacial score (nSPS) is 12.9. The predicted molar refractivity (Wildman–Crippen MR) is 115 cm³/mol. The number of rotatable bonds is 19. The molecule has 0 aromatic heterocycles. The van der Waals surface area contributed by atoms with Gasteiger partial charge in [-0.15, -0.1) is 0 Å². The van der Waals surface area contributed by atoms with E-state index in [0.717, 1.165) is 6.04 Å². The van der Waals surface area contributed by atoms with Crippen molar-refractivity contribution in [3.05, 3.63) is 0 Å². The number of halogens is 1. The first-order chi connectivity index (χ1) is 11.7. The number of alkyl halides is 1. The summed E-state index contributed by atoms with van der Waals surface area (Å²) in [6.07, 6.45) is 24.3. The second-order valence-electron chi connectivity index (χ2n) is 7.83. The lowest BCUT2D eigenvalue weighted by Crippen LogP contribution is -2.27. The first kappa shape index (κ1) is 24.4. The third-order valence-electron chi connectivity index (χ3n) is 5.29. The minimum atomic E-state index is 0.819. The van der Waals surface area contributed by atoms with Gasteiger partial charge in [0, 0.05) is 11.4 Å². The Hall–Kier alpha value is 0.440. The zero-order valence-electron chi connectivity index (χ0n) is 17.1. The van der Waals surface area contributed by atoms with Crippen LogP contribution in [0.25, 0.3) is 0 Å². The molecule has 0 bridgehead atoms. The van der Waals surface area contributed by atoms with Crippen LogP contribution in [0, 0.1) is 0 Å². The molecule has 0 aromatic carbocycles. The molecule has 0 radical (unpaired) electrons. The number of hydrogen-bond acceptors (Lipinski definition) is 1. The van der Waals surface area contributed by atoms with E-state index in [1.165, 1.54) is 114 Å². The maximum absolute atomic E-state index is 3.51. The van der Waals surface area contributed by atoms with Gasteiger partial charge in [-0.2, -0.15) is 0 Å². The summed E-state index contributed by atoms with van der Waals surface area (Å²) in [5.41, 5.74) is 0. The fourth-order valence-corrected chi connectivity index (χ4v) is 3.93. The van der Waals surface area contributed by atoms with Crippen LogP contribution in [0.1, 0.15) is 116 Å². The summed E-state index contributed by atoms with van der Waals surface area (Å²) in [7, 11) is 4.55. The van der Waals surface area contributed by atoms with Gasteiger partial charge in [0.1, 0.15) is 0 Å². The molecule has 1 atom stereocenters. The maximum atomic E-state index is 3.51. The second-order valence-corrected chi connectivity index (χ2v) is 8.63. The highest BCUT2D eigenvalue weighted by atomic mass is 79.9. The minimum Gasteiger partial charge on any atom is -0.306 e. The highest BCUT2D eigenvalue weighted by molar-refractivity contribution is 9.09. The molecular formula is C22H46BrN. The Bertz CT molecular complexity index is 230. The molecule has 0 aliphatic heterocycles. The molecule has 2 heteroatoms. The molecule has 24 heavy (non-hydrogen) atoms. The predicted octanol–water partition coefficient (Wildman–Crippen LogP) is 7.96. The zero-order chi connectivity index (χ0) is 17.9. The Labute approximate surface area is 162 Å². The lowest BCUT2D eigenvalue weighted by molar-refractivity contribution is 0.251. The Balaban J connectivity index is 3.46. The molecule has 0 spiro atoms. The van der Waals surface area contributed by atoms with Crippen molar-refractivity contribution >= 4 is 15.9 Å². The van der Waals surface area contributed by atoms with E-state index >= 15 is 0 Å². The molecular weight excluding hydrogens is 358 g/mol. The van der Waals surface area contributed by atoms with Gasteiger partial charge in [0.15, 0.2) is 0 Å². The summed E-state index contributed by atoms with van der Waals surface area (Å²) in [6.45, 7) is 2.30. The minimum absolute atomic E-state index is 0.819. The molecule has 0 aliphatic carbocycles. The number of unbranched alkanes of at least 4 members (excludes halogenated alkanes) is 13. The lowest BCUT2D eigenvalue weighted by atomic mass is 9.99. The largest absolute Gasteiger partial charge is 0.306 e. The van der Waals surface area contributed by atoms with Crippen LogP contribution < -0.4 is 0 Å². The molecule has 0 heterocycles. The van der Waals surface area contributed by atoms with Crippen molar-refractivity contribution in [3.63, 3.8) is 0 Å². The average Bonchev–Trinajstić information content (AvgIpc) is 2.57. The summed E-state index contributed by atoms with van der Waals surface area (Å²) < 4.78 is 0. The molecule has 0 saturated heterocycles. The van der Waals surface area contributed by atoms with Gasteiger partial charge in [-0.1, -0.05) is 113 Å². The average molecular weight is 405 g/mol. The summed E-state index contributed by atoms with van der Waals surface area (Å²) in [5.74, 6) is 0. The van der Waals surface area contributed by atoms with Gasteiger partial charge in [0.2, 0.25) is 0 Å². The second kappa shape index (κ2) is 19.8. The van der Waals surface area contributed by atoms with Crippen LogP contribution in [0.5, 0.6) is 0 Å². The molecule has 0 N–H and O–H groups in total. The van der Waals surface area contributed by atoms with Crippen LogP contribution in [-0.2, 0) is 0 Å². The van der Waals surface area contributed by atoms with Gasteiger partial charge < -0.3 is 4.90 Å². The molecule has 0 rings (SSSR count). The van der Waals surface area contributed by atoms with Gasteiger partial charge in [-0.25, -0.2) is 0 Å². The summed E-state index contributed by atoms with van der Waals surface area (Å²) in [4.78, 5) is 2.47. The monoisotopic (exact) mass is 403 g/mol. The first-order valence-electron chi connectivity index (χ1n) is 10.9. The quantitative estimate of drug-likeness (QED) is 0.156. The molecule has 0 aromatic rings. The fourth-order valence-electron chi connectivity index (χ4n) is 3.53. The van der Waals surface area contributed by atoms with Crippen LogP contribution >= 0.6 is 15.9 Å². The van der Waals surface area contributed by atoms with Gasteiger partial charge in [-0.3, -0.25) is 0 Å². The molecule has 0 fully saturated rings. The van der Waals surface area contributed by atoms with E-state index in [9.17, 15) is 0 Å². The molecule has 0 amide bonds. The molecule has 0 aliphatic rings. The van der Waals surface area contributed by atoms with E-state index in [-0.39, 0.29) is 0 Å². The SMILES string of the molecule is CCCCCCCCCC(CCCCCCCCCCBr)N(C)C. The molecule has 1 unspecified atom stereocenters. The first-order valence-corrected chi connectivity index (χ1v) is 12.1. The van der Waals surface area contributed by atoms with Crippen molar-refractivity contribution < 1.29 is 0 Å². The Morgan fingerprint density at radius 2 is 0.958 bits per heavy atom. The van der Waals surface area contributed by atoms with Crippen LogP contribution in [-0.4, -0.2) is 30.4 Å². The van der Waals surface area contributed by atoms with Gasteiger partial charge in [0.05, 0.1) is 0 Å². The van der Waals surface area contributed by atoms with E-state index in [4.69, 9.17) is 0 Å². The third kappa shape index (κ3) is 17.3. The van der Waals surface area contributed by atoms with Crippen molar-refractivity contribution in [3.8, 4) is 0 Å². The lowest BCUT2D eigenvalue weighted by Gasteiger charge is -2.24. The Morgan fingerprint density at radius 1 is 0.583 bits per heavy atom. The summed E-state index contributed by atoms with van der Waals surface area (Å²) in [6, 6.07) is 0.819. The van der Waals surface area contributed by atoms with Crippen LogP contribution in [0.15, 0.2) is 0 Å². The smallest absolute Gasteiger partial charge is 0.00891 e. The molecule has 0 saturated carbocycles. The van der Waals surface area contributed by atoms with E-state index in [2.05, 4.69) is 41.8 Å². The zero-order valence-corrected chi connectivity index (χ0v) is 18.7. The van der Waals surface area contributed by atoms with Crippen molar-refractivity contribution in [2.24, 2.45) is 0 Å². The summed E-state index contributed by atoms with van der Waals surface area (Å²) >= 11 is 3.51. The summed E-state index contributed by atoms with van der Waals surface area (Å²) in [5, 5.41) is 1.18.